The van der Waals surface area contributed by atoms with Crippen LogP contribution in [-0.2, 0) is 9.47 Å². The first kappa shape index (κ1) is 17.0. The quantitative estimate of drug-likeness (QED) is 0.747. The molecule has 0 saturated carbocycles. The summed E-state index contributed by atoms with van der Waals surface area (Å²) in [5.74, 6) is 2.12. The van der Waals surface area contributed by atoms with E-state index in [0.717, 1.165) is 0 Å². The maximum absolute atomic E-state index is 6.40. The molecule has 2 heteroatoms. The molecule has 0 amide bonds. The second kappa shape index (κ2) is 6.13. The Balaban J connectivity index is 3.02. The number of hydrogen-bond donors (Lipinski definition) is 0. The second-order valence-corrected chi connectivity index (χ2v) is 8.07. The second-order valence-electron chi connectivity index (χ2n) is 8.07. The van der Waals surface area contributed by atoms with Gasteiger partial charge in [-0.2, -0.15) is 0 Å². The lowest BCUT2D eigenvalue weighted by atomic mass is 9.80. The summed E-state index contributed by atoms with van der Waals surface area (Å²) in [5, 5.41) is 0. The molecule has 0 spiro atoms. The lowest BCUT2D eigenvalue weighted by Gasteiger charge is -2.34. The van der Waals surface area contributed by atoms with Crippen LogP contribution in [0.2, 0.25) is 0 Å². The molecule has 0 aromatic carbocycles. The molecule has 0 aromatic rings. The van der Waals surface area contributed by atoms with Crippen molar-refractivity contribution in [3.8, 4) is 0 Å². The SMILES string of the molecule is CC(C)C1OC(C(C)C)C(C(C)C)C1OC(C)(C)C. The monoisotopic (exact) mass is 270 g/mol. The molecule has 0 bridgehead atoms. The summed E-state index contributed by atoms with van der Waals surface area (Å²) in [4.78, 5) is 0. The van der Waals surface area contributed by atoms with Gasteiger partial charge in [-0.1, -0.05) is 41.5 Å². The van der Waals surface area contributed by atoms with E-state index in [1.807, 2.05) is 0 Å². The Labute approximate surface area is 120 Å². The van der Waals surface area contributed by atoms with Gasteiger partial charge in [-0.3, -0.25) is 0 Å². The van der Waals surface area contributed by atoms with Crippen LogP contribution in [0.5, 0.6) is 0 Å². The van der Waals surface area contributed by atoms with Crippen LogP contribution >= 0.6 is 0 Å². The van der Waals surface area contributed by atoms with Crippen molar-refractivity contribution in [2.75, 3.05) is 0 Å². The largest absolute Gasteiger partial charge is 0.371 e. The van der Waals surface area contributed by atoms with Gasteiger partial charge in [-0.15, -0.1) is 0 Å². The number of rotatable bonds is 4. The third-order valence-corrected chi connectivity index (χ3v) is 3.97. The highest BCUT2D eigenvalue weighted by Crippen LogP contribution is 2.42. The van der Waals surface area contributed by atoms with Crippen LogP contribution < -0.4 is 0 Å². The highest BCUT2D eigenvalue weighted by molar-refractivity contribution is 4.96. The van der Waals surface area contributed by atoms with Crippen molar-refractivity contribution >= 4 is 0 Å². The van der Waals surface area contributed by atoms with E-state index in [1.54, 1.807) is 0 Å². The van der Waals surface area contributed by atoms with Crippen molar-refractivity contribution in [2.45, 2.75) is 86.2 Å². The Morgan fingerprint density at radius 2 is 1.26 bits per heavy atom. The lowest BCUT2D eigenvalue weighted by molar-refractivity contribution is -0.112. The maximum atomic E-state index is 6.40. The fourth-order valence-corrected chi connectivity index (χ4v) is 3.21. The molecule has 114 valence electrons. The minimum Gasteiger partial charge on any atom is -0.371 e. The molecule has 1 aliphatic rings. The summed E-state index contributed by atoms with van der Waals surface area (Å²) in [7, 11) is 0. The average Bonchev–Trinajstić information content (AvgIpc) is 2.54. The molecule has 2 nitrogen and oxygen atoms in total. The third-order valence-electron chi connectivity index (χ3n) is 3.97. The Bertz CT molecular complexity index is 275. The number of hydrogen-bond acceptors (Lipinski definition) is 2. The highest BCUT2D eigenvalue weighted by Gasteiger charge is 2.49. The summed E-state index contributed by atoms with van der Waals surface area (Å²) in [6.07, 6.45) is 0.756. The normalized spacial score (nSPS) is 32.8. The van der Waals surface area contributed by atoms with Crippen LogP contribution in [-0.4, -0.2) is 23.9 Å². The summed E-state index contributed by atoms with van der Waals surface area (Å²) in [6.45, 7) is 20.0. The molecule has 1 heterocycles. The van der Waals surface area contributed by atoms with Crippen LogP contribution in [0.4, 0.5) is 0 Å². The molecular formula is C17H34O2. The van der Waals surface area contributed by atoms with Gasteiger partial charge >= 0.3 is 0 Å². The van der Waals surface area contributed by atoms with Crippen LogP contribution in [0, 0.1) is 23.7 Å². The average molecular weight is 270 g/mol. The molecule has 0 N–H and O–H groups in total. The molecule has 1 fully saturated rings. The number of ether oxygens (including phenoxy) is 2. The Hall–Kier alpha value is -0.0800. The summed E-state index contributed by atoms with van der Waals surface area (Å²) >= 11 is 0. The zero-order valence-corrected chi connectivity index (χ0v) is 14.4. The minimum absolute atomic E-state index is 0.111. The summed E-state index contributed by atoms with van der Waals surface area (Å²) in [5.41, 5.74) is -0.111. The molecule has 4 unspecified atom stereocenters. The van der Waals surface area contributed by atoms with Crippen molar-refractivity contribution in [3.63, 3.8) is 0 Å². The van der Waals surface area contributed by atoms with Crippen LogP contribution in [0.1, 0.15) is 62.3 Å². The third kappa shape index (κ3) is 4.19. The van der Waals surface area contributed by atoms with Gasteiger partial charge in [0, 0.05) is 5.92 Å². The van der Waals surface area contributed by atoms with Crippen molar-refractivity contribution in [3.05, 3.63) is 0 Å². The van der Waals surface area contributed by atoms with Gasteiger partial charge in [0.15, 0.2) is 0 Å². The predicted molar refractivity (Wildman–Crippen MR) is 81.3 cm³/mol. The summed E-state index contributed by atoms with van der Waals surface area (Å²) in [6, 6.07) is 0. The molecule has 0 radical (unpaired) electrons. The van der Waals surface area contributed by atoms with Gasteiger partial charge in [-0.25, -0.2) is 0 Å². The van der Waals surface area contributed by atoms with Crippen molar-refractivity contribution in [2.24, 2.45) is 23.7 Å². The Kier molecular flexibility index (Phi) is 5.48. The van der Waals surface area contributed by atoms with E-state index in [0.29, 0.717) is 29.8 Å². The van der Waals surface area contributed by atoms with E-state index < -0.39 is 0 Å². The molecule has 0 aliphatic carbocycles. The molecule has 1 aliphatic heterocycles. The Morgan fingerprint density at radius 3 is 1.58 bits per heavy atom. The molecule has 0 aromatic heterocycles. The van der Waals surface area contributed by atoms with Crippen LogP contribution in [0.25, 0.3) is 0 Å². The minimum atomic E-state index is -0.111. The molecular weight excluding hydrogens is 236 g/mol. The van der Waals surface area contributed by atoms with E-state index in [9.17, 15) is 0 Å². The lowest BCUT2D eigenvalue weighted by Crippen LogP contribution is -2.41. The van der Waals surface area contributed by atoms with Crippen molar-refractivity contribution in [1.29, 1.82) is 0 Å². The van der Waals surface area contributed by atoms with Crippen molar-refractivity contribution < 1.29 is 9.47 Å². The molecule has 1 rings (SSSR count). The van der Waals surface area contributed by atoms with Gasteiger partial charge in [0.25, 0.3) is 0 Å². The smallest absolute Gasteiger partial charge is 0.0901 e. The van der Waals surface area contributed by atoms with Crippen molar-refractivity contribution in [1.82, 2.24) is 0 Å². The van der Waals surface area contributed by atoms with E-state index >= 15 is 0 Å². The Morgan fingerprint density at radius 1 is 0.789 bits per heavy atom. The highest BCUT2D eigenvalue weighted by atomic mass is 16.6. The first-order valence-electron chi connectivity index (χ1n) is 7.88. The van der Waals surface area contributed by atoms with Gasteiger partial charge in [0.05, 0.1) is 23.9 Å². The van der Waals surface area contributed by atoms with Gasteiger partial charge in [-0.05, 0) is 38.5 Å². The van der Waals surface area contributed by atoms with E-state index in [4.69, 9.17) is 9.47 Å². The zero-order chi connectivity index (χ0) is 15.0. The zero-order valence-electron chi connectivity index (χ0n) is 14.4. The van der Waals surface area contributed by atoms with Crippen LogP contribution in [0.3, 0.4) is 0 Å². The summed E-state index contributed by atoms with van der Waals surface area (Å²) < 4.78 is 12.8. The van der Waals surface area contributed by atoms with E-state index in [1.165, 1.54) is 0 Å². The fraction of sp³-hybridized carbons (Fsp3) is 1.00. The van der Waals surface area contributed by atoms with Gasteiger partial charge < -0.3 is 9.47 Å². The van der Waals surface area contributed by atoms with E-state index in [-0.39, 0.29) is 17.8 Å². The fourth-order valence-electron chi connectivity index (χ4n) is 3.21. The first-order valence-corrected chi connectivity index (χ1v) is 7.88. The molecule has 1 saturated heterocycles. The maximum Gasteiger partial charge on any atom is 0.0901 e. The standard InChI is InChI=1S/C17H34O2/c1-10(2)13-14(11(3)4)18-15(12(5)6)16(13)19-17(7,8)9/h10-16H,1-9H3. The molecule has 19 heavy (non-hydrogen) atoms. The van der Waals surface area contributed by atoms with Gasteiger partial charge in [0.2, 0.25) is 0 Å². The van der Waals surface area contributed by atoms with Gasteiger partial charge in [0.1, 0.15) is 0 Å². The topological polar surface area (TPSA) is 18.5 Å². The first-order chi connectivity index (χ1) is 8.54. The predicted octanol–water partition coefficient (Wildman–Crippen LogP) is 4.52. The van der Waals surface area contributed by atoms with E-state index in [2.05, 4.69) is 62.3 Å². The van der Waals surface area contributed by atoms with Crippen LogP contribution in [0.15, 0.2) is 0 Å². The molecule has 4 atom stereocenters.